The molecule has 2 heterocycles. The number of hydrogen-bond donors (Lipinski definition) is 2. The molecule has 1 aromatic heterocycles. The number of nitrogens with one attached hydrogen (secondary N) is 2. The highest BCUT2D eigenvalue weighted by Gasteiger charge is 2.25. The fourth-order valence-corrected chi connectivity index (χ4v) is 3.61. The van der Waals surface area contributed by atoms with Crippen molar-refractivity contribution in [1.29, 1.82) is 0 Å². The summed E-state index contributed by atoms with van der Waals surface area (Å²) in [4.78, 5) is 24.6. The summed E-state index contributed by atoms with van der Waals surface area (Å²) in [6.07, 6.45) is 3.24. The van der Waals surface area contributed by atoms with Crippen molar-refractivity contribution in [2.45, 2.75) is 25.8 Å². The van der Waals surface area contributed by atoms with Gasteiger partial charge in [0.15, 0.2) is 17.6 Å². The number of pyridine rings is 1. The Balaban J connectivity index is 0.00000363. The molecule has 1 aromatic carbocycles. The molecular formula is C23H32FIN6O. The molecule has 1 fully saturated rings. The van der Waals surface area contributed by atoms with Gasteiger partial charge in [0.2, 0.25) is 0 Å². The third kappa shape index (κ3) is 7.04. The van der Waals surface area contributed by atoms with E-state index in [0.29, 0.717) is 24.5 Å². The van der Waals surface area contributed by atoms with Crippen LogP contribution in [0, 0.1) is 5.82 Å². The standard InChI is InChI=1S/C23H31FN6O.HI/c1-4-25-23(27-13-10-17-7-5-8-18(15-17)22(31)29(2)3)28-19-11-14-30(16-19)21-20(24)9-6-12-26-21;/h5-9,12,15,19H,4,10-11,13-14,16H2,1-3H3,(H2,25,27,28);1H. The Morgan fingerprint density at radius 1 is 1.31 bits per heavy atom. The van der Waals surface area contributed by atoms with Crippen molar-refractivity contribution in [2.24, 2.45) is 4.99 Å². The van der Waals surface area contributed by atoms with Gasteiger partial charge >= 0.3 is 0 Å². The fraction of sp³-hybridized carbons (Fsp3) is 0.435. The summed E-state index contributed by atoms with van der Waals surface area (Å²) in [5.41, 5.74) is 1.76. The van der Waals surface area contributed by atoms with Crippen molar-refractivity contribution >= 4 is 41.7 Å². The number of carbonyl (C=O) groups excluding carboxylic acids is 1. The Kier molecular flexibility index (Phi) is 10.1. The Hall–Kier alpha value is -2.43. The van der Waals surface area contributed by atoms with Gasteiger partial charge in [0.1, 0.15) is 0 Å². The van der Waals surface area contributed by atoms with E-state index in [1.54, 1.807) is 31.3 Å². The lowest BCUT2D eigenvalue weighted by molar-refractivity contribution is 0.0827. The van der Waals surface area contributed by atoms with E-state index in [4.69, 9.17) is 0 Å². The Bertz CT molecular complexity index is 923. The van der Waals surface area contributed by atoms with Gasteiger partial charge in [-0.15, -0.1) is 24.0 Å². The van der Waals surface area contributed by atoms with Crippen molar-refractivity contribution in [2.75, 3.05) is 45.2 Å². The van der Waals surface area contributed by atoms with Crippen LogP contribution < -0.4 is 15.5 Å². The summed E-state index contributed by atoms with van der Waals surface area (Å²) >= 11 is 0. The second-order valence-corrected chi connectivity index (χ2v) is 7.80. The summed E-state index contributed by atoms with van der Waals surface area (Å²) in [5.74, 6) is 0.853. The lowest BCUT2D eigenvalue weighted by Gasteiger charge is -2.20. The number of anilines is 1. The molecule has 1 aliphatic heterocycles. The van der Waals surface area contributed by atoms with Crippen LogP contribution in [0.3, 0.4) is 0 Å². The average molecular weight is 554 g/mol. The van der Waals surface area contributed by atoms with E-state index in [1.165, 1.54) is 6.07 Å². The maximum absolute atomic E-state index is 14.0. The maximum atomic E-state index is 14.0. The highest BCUT2D eigenvalue weighted by molar-refractivity contribution is 14.0. The number of halogens is 2. The molecule has 1 unspecified atom stereocenters. The number of aromatic nitrogens is 1. The molecule has 1 saturated heterocycles. The molecule has 1 amide bonds. The van der Waals surface area contributed by atoms with Crippen molar-refractivity contribution < 1.29 is 9.18 Å². The molecule has 174 valence electrons. The third-order valence-corrected chi connectivity index (χ3v) is 5.16. The average Bonchev–Trinajstić information content (AvgIpc) is 3.22. The Morgan fingerprint density at radius 2 is 2.12 bits per heavy atom. The third-order valence-electron chi connectivity index (χ3n) is 5.16. The van der Waals surface area contributed by atoms with E-state index in [9.17, 15) is 9.18 Å². The molecule has 7 nitrogen and oxygen atoms in total. The minimum Gasteiger partial charge on any atom is -0.357 e. The van der Waals surface area contributed by atoms with Gasteiger partial charge in [0, 0.05) is 58.1 Å². The van der Waals surface area contributed by atoms with Gasteiger partial charge in [-0.3, -0.25) is 9.79 Å². The van der Waals surface area contributed by atoms with Crippen LogP contribution in [0.2, 0.25) is 0 Å². The zero-order chi connectivity index (χ0) is 22.2. The van der Waals surface area contributed by atoms with Crippen LogP contribution in [0.1, 0.15) is 29.3 Å². The molecule has 0 saturated carbocycles. The summed E-state index contributed by atoms with van der Waals surface area (Å²) in [6.45, 7) is 4.80. The van der Waals surface area contributed by atoms with E-state index in [1.807, 2.05) is 36.1 Å². The van der Waals surface area contributed by atoms with Gasteiger partial charge in [0.05, 0.1) is 0 Å². The van der Waals surface area contributed by atoms with Crippen LogP contribution >= 0.6 is 24.0 Å². The molecular weight excluding hydrogens is 522 g/mol. The minimum absolute atomic E-state index is 0. The topological polar surface area (TPSA) is 72.9 Å². The number of nitrogens with zero attached hydrogens (tertiary/aromatic N) is 4. The smallest absolute Gasteiger partial charge is 0.253 e. The van der Waals surface area contributed by atoms with Crippen molar-refractivity contribution in [3.63, 3.8) is 0 Å². The first-order valence-corrected chi connectivity index (χ1v) is 10.7. The molecule has 0 aliphatic carbocycles. The predicted molar refractivity (Wildman–Crippen MR) is 138 cm³/mol. The van der Waals surface area contributed by atoms with Crippen LogP contribution in [0.25, 0.3) is 0 Å². The number of guanidine groups is 1. The van der Waals surface area contributed by atoms with Crippen molar-refractivity contribution in [3.05, 3.63) is 59.5 Å². The minimum atomic E-state index is -0.293. The number of amides is 1. The Labute approximate surface area is 206 Å². The van der Waals surface area contributed by atoms with E-state index >= 15 is 0 Å². The molecule has 32 heavy (non-hydrogen) atoms. The quantitative estimate of drug-likeness (QED) is 0.313. The number of carbonyl (C=O) groups is 1. The number of aliphatic imine (C=N–C) groups is 1. The summed E-state index contributed by atoms with van der Waals surface area (Å²) < 4.78 is 14.0. The largest absolute Gasteiger partial charge is 0.357 e. The van der Waals surface area contributed by atoms with E-state index in [0.717, 1.165) is 37.5 Å². The van der Waals surface area contributed by atoms with Crippen LogP contribution in [0.15, 0.2) is 47.6 Å². The summed E-state index contributed by atoms with van der Waals surface area (Å²) in [6, 6.07) is 10.9. The number of hydrogen-bond acceptors (Lipinski definition) is 4. The van der Waals surface area contributed by atoms with Gasteiger partial charge in [-0.2, -0.15) is 0 Å². The molecule has 9 heteroatoms. The summed E-state index contributed by atoms with van der Waals surface area (Å²) in [7, 11) is 3.50. The van der Waals surface area contributed by atoms with Crippen molar-refractivity contribution in [1.82, 2.24) is 20.5 Å². The highest BCUT2D eigenvalue weighted by Crippen LogP contribution is 2.20. The maximum Gasteiger partial charge on any atom is 0.253 e. The zero-order valence-corrected chi connectivity index (χ0v) is 21.2. The molecule has 2 aromatic rings. The molecule has 2 N–H and O–H groups in total. The second kappa shape index (κ2) is 12.6. The second-order valence-electron chi connectivity index (χ2n) is 7.80. The van der Waals surface area contributed by atoms with Gasteiger partial charge in [-0.25, -0.2) is 9.37 Å². The van der Waals surface area contributed by atoms with Crippen LogP contribution in [0.5, 0.6) is 0 Å². The van der Waals surface area contributed by atoms with Gasteiger partial charge < -0.3 is 20.4 Å². The van der Waals surface area contributed by atoms with E-state index < -0.39 is 0 Å². The van der Waals surface area contributed by atoms with E-state index in [2.05, 4.69) is 20.6 Å². The SMILES string of the molecule is CCNC(=NCCc1cccc(C(=O)N(C)C)c1)NC1CCN(c2ncccc2F)C1.I. The Morgan fingerprint density at radius 3 is 2.84 bits per heavy atom. The van der Waals surface area contributed by atoms with E-state index in [-0.39, 0.29) is 41.7 Å². The molecule has 3 rings (SSSR count). The first kappa shape index (κ1) is 25.8. The number of benzene rings is 1. The van der Waals surface area contributed by atoms with Crippen LogP contribution in [-0.4, -0.2) is 68.1 Å². The van der Waals surface area contributed by atoms with Crippen molar-refractivity contribution in [3.8, 4) is 0 Å². The molecule has 1 aliphatic rings. The van der Waals surface area contributed by atoms with Crippen LogP contribution in [-0.2, 0) is 6.42 Å². The highest BCUT2D eigenvalue weighted by atomic mass is 127. The lowest BCUT2D eigenvalue weighted by atomic mass is 10.1. The fourth-order valence-electron chi connectivity index (χ4n) is 3.61. The van der Waals surface area contributed by atoms with Crippen LogP contribution in [0.4, 0.5) is 10.2 Å². The lowest BCUT2D eigenvalue weighted by Crippen LogP contribution is -2.44. The summed E-state index contributed by atoms with van der Waals surface area (Å²) in [5, 5.41) is 6.73. The first-order valence-electron chi connectivity index (χ1n) is 10.7. The number of rotatable bonds is 7. The van der Waals surface area contributed by atoms with Gasteiger partial charge in [0.25, 0.3) is 5.91 Å². The van der Waals surface area contributed by atoms with Gasteiger partial charge in [-0.05, 0) is 49.6 Å². The van der Waals surface area contributed by atoms with Gasteiger partial charge in [-0.1, -0.05) is 12.1 Å². The normalized spacial score (nSPS) is 15.8. The zero-order valence-electron chi connectivity index (χ0n) is 18.8. The molecule has 0 spiro atoms. The molecule has 1 atom stereocenters. The monoisotopic (exact) mass is 554 g/mol. The first-order chi connectivity index (χ1) is 15.0. The predicted octanol–water partition coefficient (Wildman–Crippen LogP) is 2.92. The molecule has 0 radical (unpaired) electrons. The molecule has 0 bridgehead atoms.